The topological polar surface area (TPSA) is 72.6 Å². The first kappa shape index (κ1) is 15.5. The third kappa shape index (κ3) is 3.36. The van der Waals surface area contributed by atoms with Gasteiger partial charge in [-0.3, -0.25) is 9.59 Å². The van der Waals surface area contributed by atoms with Crippen LogP contribution in [0.15, 0.2) is 28.7 Å². The Bertz CT molecular complexity index is 683. The van der Waals surface area contributed by atoms with Crippen LogP contribution in [0.2, 0.25) is 0 Å². The number of carbonyl (C=O) groups is 2. The van der Waals surface area contributed by atoms with Crippen molar-refractivity contribution < 1.29 is 18.7 Å². The monoisotopic (exact) mass is 316 g/mol. The second-order valence-corrected chi connectivity index (χ2v) is 5.92. The Morgan fingerprint density at radius 2 is 2.00 bits per heavy atom. The summed E-state index contributed by atoms with van der Waals surface area (Å²) in [5, 5.41) is 0. The van der Waals surface area contributed by atoms with E-state index >= 15 is 0 Å². The number of Topliss-reactive ketones (excluding diaryl/α,β-unsaturated/α-hetero) is 1. The van der Waals surface area contributed by atoms with Gasteiger partial charge in [0.15, 0.2) is 17.5 Å². The number of ketones is 1. The zero-order chi connectivity index (χ0) is 16.4. The minimum absolute atomic E-state index is 0.137. The van der Waals surface area contributed by atoms with Crippen molar-refractivity contribution in [2.24, 2.45) is 5.92 Å². The molecule has 0 radical (unpaired) electrons. The maximum atomic E-state index is 12.1. The molecule has 3 rings (SSSR count). The first-order chi connectivity index (χ1) is 11.0. The van der Waals surface area contributed by atoms with E-state index in [-0.39, 0.29) is 17.7 Å². The van der Waals surface area contributed by atoms with Crippen LogP contribution in [0.25, 0.3) is 11.1 Å². The van der Waals surface area contributed by atoms with E-state index in [1.807, 2.05) is 29.2 Å². The fraction of sp³-hybridized carbons (Fsp3) is 0.471. The van der Waals surface area contributed by atoms with E-state index in [9.17, 15) is 9.59 Å². The predicted octanol–water partition coefficient (Wildman–Crippen LogP) is 2.56. The molecule has 23 heavy (non-hydrogen) atoms. The third-order valence-electron chi connectivity index (χ3n) is 4.25. The highest BCUT2D eigenvalue weighted by Crippen LogP contribution is 2.27. The van der Waals surface area contributed by atoms with E-state index in [0.29, 0.717) is 31.9 Å². The largest absolute Gasteiger partial charge is 0.454 e. The molecular weight excluding hydrogens is 296 g/mol. The molecule has 6 heteroatoms. The fourth-order valence-corrected chi connectivity index (χ4v) is 2.66. The average molecular weight is 316 g/mol. The Balaban J connectivity index is 1.59. The van der Waals surface area contributed by atoms with Gasteiger partial charge in [0.1, 0.15) is 5.52 Å². The number of rotatable bonds is 4. The summed E-state index contributed by atoms with van der Waals surface area (Å²) >= 11 is 0. The maximum absolute atomic E-state index is 12.1. The third-order valence-corrected chi connectivity index (χ3v) is 4.25. The number of hydrogen-bond donors (Lipinski definition) is 0. The van der Waals surface area contributed by atoms with Gasteiger partial charge in [-0.15, -0.1) is 0 Å². The van der Waals surface area contributed by atoms with Gasteiger partial charge in [-0.05, 0) is 38.8 Å². The molecule has 0 spiro atoms. The first-order valence-corrected chi connectivity index (χ1v) is 7.86. The normalized spacial score (nSPS) is 17.2. The van der Waals surface area contributed by atoms with E-state index in [1.54, 1.807) is 6.92 Å². The SMILES string of the molecule is CC(=O)[C@H](C)OC(=O)C1CCN(c2nc3ccccc3o2)CC1. The highest BCUT2D eigenvalue weighted by Gasteiger charge is 2.29. The molecule has 1 fully saturated rings. The molecular formula is C17H20N2O4. The number of para-hydroxylation sites is 2. The van der Waals surface area contributed by atoms with Gasteiger partial charge in [0.2, 0.25) is 0 Å². The number of piperidine rings is 1. The summed E-state index contributed by atoms with van der Waals surface area (Å²) in [5.74, 6) is -0.593. The van der Waals surface area contributed by atoms with E-state index in [0.717, 1.165) is 11.1 Å². The number of aromatic nitrogens is 1. The van der Waals surface area contributed by atoms with Gasteiger partial charge in [0.05, 0.1) is 5.92 Å². The Morgan fingerprint density at radius 3 is 2.65 bits per heavy atom. The van der Waals surface area contributed by atoms with Crippen LogP contribution in [0.4, 0.5) is 6.01 Å². The number of anilines is 1. The van der Waals surface area contributed by atoms with Gasteiger partial charge in [-0.1, -0.05) is 12.1 Å². The smallest absolute Gasteiger partial charge is 0.309 e. The number of fused-ring (bicyclic) bond motifs is 1. The Kier molecular flexibility index (Phi) is 4.32. The second-order valence-electron chi connectivity index (χ2n) is 5.92. The Hall–Kier alpha value is -2.37. The minimum Gasteiger partial charge on any atom is -0.454 e. The molecule has 2 aromatic rings. The number of nitrogens with zero attached hydrogens (tertiary/aromatic N) is 2. The van der Waals surface area contributed by atoms with Gasteiger partial charge in [0, 0.05) is 13.1 Å². The Morgan fingerprint density at radius 1 is 1.30 bits per heavy atom. The molecule has 1 aromatic heterocycles. The summed E-state index contributed by atoms with van der Waals surface area (Å²) in [4.78, 5) is 29.8. The molecule has 0 bridgehead atoms. The molecule has 0 N–H and O–H groups in total. The molecule has 2 heterocycles. The van der Waals surface area contributed by atoms with Gasteiger partial charge in [-0.25, -0.2) is 0 Å². The quantitative estimate of drug-likeness (QED) is 0.807. The second kappa shape index (κ2) is 6.40. The van der Waals surface area contributed by atoms with Gasteiger partial charge < -0.3 is 14.1 Å². The lowest BCUT2D eigenvalue weighted by molar-refractivity contribution is -0.158. The van der Waals surface area contributed by atoms with Crippen molar-refractivity contribution in [1.29, 1.82) is 0 Å². The van der Waals surface area contributed by atoms with Gasteiger partial charge in [0.25, 0.3) is 6.01 Å². The summed E-state index contributed by atoms with van der Waals surface area (Å²) in [6.45, 7) is 4.39. The van der Waals surface area contributed by atoms with Crippen LogP contribution in [0, 0.1) is 5.92 Å². The van der Waals surface area contributed by atoms with Crippen molar-refractivity contribution in [1.82, 2.24) is 4.98 Å². The molecule has 122 valence electrons. The highest BCUT2D eigenvalue weighted by molar-refractivity contribution is 5.83. The number of carbonyl (C=O) groups excluding carboxylic acids is 2. The number of oxazole rings is 1. The lowest BCUT2D eigenvalue weighted by Crippen LogP contribution is -2.38. The molecule has 1 aliphatic rings. The summed E-state index contributed by atoms with van der Waals surface area (Å²) in [6, 6.07) is 8.23. The molecule has 1 saturated heterocycles. The van der Waals surface area contributed by atoms with Gasteiger partial charge >= 0.3 is 5.97 Å². The van der Waals surface area contributed by atoms with Crippen LogP contribution in [-0.4, -0.2) is 35.9 Å². The van der Waals surface area contributed by atoms with Crippen LogP contribution in [-0.2, 0) is 14.3 Å². The van der Waals surface area contributed by atoms with Crippen molar-refractivity contribution in [3.63, 3.8) is 0 Å². The molecule has 0 amide bonds. The number of ether oxygens (including phenoxy) is 1. The van der Waals surface area contributed by atoms with E-state index < -0.39 is 6.10 Å². The van der Waals surface area contributed by atoms with Crippen LogP contribution in [0.5, 0.6) is 0 Å². The van der Waals surface area contributed by atoms with Crippen LogP contribution in [0.1, 0.15) is 26.7 Å². The van der Waals surface area contributed by atoms with Crippen molar-refractivity contribution in [3.8, 4) is 0 Å². The zero-order valence-corrected chi connectivity index (χ0v) is 13.3. The van der Waals surface area contributed by atoms with E-state index in [2.05, 4.69) is 4.98 Å². The van der Waals surface area contributed by atoms with E-state index in [1.165, 1.54) is 6.92 Å². The fourth-order valence-electron chi connectivity index (χ4n) is 2.66. The van der Waals surface area contributed by atoms with E-state index in [4.69, 9.17) is 9.15 Å². The molecule has 1 aliphatic heterocycles. The summed E-state index contributed by atoms with van der Waals surface area (Å²) in [7, 11) is 0. The highest BCUT2D eigenvalue weighted by atomic mass is 16.5. The molecule has 6 nitrogen and oxygen atoms in total. The minimum atomic E-state index is -0.669. The lowest BCUT2D eigenvalue weighted by atomic mass is 9.97. The van der Waals surface area contributed by atoms with Crippen LogP contribution in [0.3, 0.4) is 0 Å². The molecule has 0 saturated carbocycles. The standard InChI is InChI=1S/C17H20N2O4/c1-11(20)12(2)22-16(21)13-7-9-19(10-8-13)17-18-14-5-3-4-6-15(14)23-17/h3-6,12-13H,7-10H2,1-2H3/t12-/m0/s1. The summed E-state index contributed by atoms with van der Waals surface area (Å²) in [5.41, 5.74) is 1.60. The number of benzene rings is 1. The molecule has 0 unspecified atom stereocenters. The number of hydrogen-bond acceptors (Lipinski definition) is 6. The van der Waals surface area contributed by atoms with Crippen molar-refractivity contribution in [3.05, 3.63) is 24.3 Å². The van der Waals surface area contributed by atoms with Crippen LogP contribution >= 0.6 is 0 Å². The lowest BCUT2D eigenvalue weighted by Gasteiger charge is -2.30. The maximum Gasteiger partial charge on any atom is 0.309 e. The molecule has 0 aliphatic carbocycles. The zero-order valence-electron chi connectivity index (χ0n) is 13.3. The van der Waals surface area contributed by atoms with Gasteiger partial charge in [-0.2, -0.15) is 4.98 Å². The summed E-state index contributed by atoms with van der Waals surface area (Å²) in [6.07, 6.45) is 0.669. The van der Waals surface area contributed by atoms with Crippen molar-refractivity contribution >= 4 is 28.9 Å². The predicted molar refractivity (Wildman–Crippen MR) is 85.2 cm³/mol. The Labute approximate surface area is 134 Å². The average Bonchev–Trinajstić information content (AvgIpc) is 2.98. The van der Waals surface area contributed by atoms with Crippen LogP contribution < -0.4 is 4.90 Å². The first-order valence-electron chi connectivity index (χ1n) is 7.86. The van der Waals surface area contributed by atoms with Crippen molar-refractivity contribution in [2.75, 3.05) is 18.0 Å². The van der Waals surface area contributed by atoms with Crippen molar-refractivity contribution in [2.45, 2.75) is 32.8 Å². The summed E-state index contributed by atoms with van der Waals surface area (Å²) < 4.78 is 10.9. The number of esters is 1. The molecule has 1 atom stereocenters. The molecule has 1 aromatic carbocycles.